The summed E-state index contributed by atoms with van der Waals surface area (Å²) in [7, 11) is 5.70. The van der Waals surface area contributed by atoms with Crippen LogP contribution in [0.3, 0.4) is 0 Å². The number of amides is 1. The predicted octanol–water partition coefficient (Wildman–Crippen LogP) is 4.15. The van der Waals surface area contributed by atoms with Gasteiger partial charge in [-0.05, 0) is 69.2 Å². The fraction of sp³-hybridized carbons (Fsp3) is 0.576. The number of unbranched alkanes of at least 4 members (excludes halogenated alkanes) is 2. The average Bonchev–Trinajstić information content (AvgIpc) is 3.59. The number of carboxylic acid groups (broad SMARTS) is 1. The minimum absolute atomic E-state index is 0.0442. The van der Waals surface area contributed by atoms with Crippen molar-refractivity contribution < 1.29 is 28.9 Å². The third-order valence-corrected chi connectivity index (χ3v) is 8.41. The molecule has 2 aromatic carbocycles. The third kappa shape index (κ3) is 7.95. The van der Waals surface area contributed by atoms with Crippen LogP contribution in [0.15, 0.2) is 42.5 Å². The largest absolute Gasteiger partial charge is 0.493 e. The van der Waals surface area contributed by atoms with Crippen LogP contribution in [-0.2, 0) is 16.0 Å². The first-order valence-electron chi connectivity index (χ1n) is 15.2. The minimum Gasteiger partial charge on any atom is -0.493 e. The molecule has 0 aliphatic carbocycles. The van der Waals surface area contributed by atoms with Crippen LogP contribution < -0.4 is 14.2 Å². The minimum atomic E-state index is -0.883. The number of likely N-dealkylation sites (tertiary alicyclic amines) is 1. The van der Waals surface area contributed by atoms with E-state index in [2.05, 4.69) is 32.0 Å². The average molecular weight is 582 g/mol. The summed E-state index contributed by atoms with van der Waals surface area (Å²) in [6, 6.07) is 12.9. The molecule has 0 saturated carbocycles. The first kappa shape index (κ1) is 31.6. The molecule has 2 aliphatic rings. The van der Waals surface area contributed by atoms with Crippen LogP contribution in [-0.4, -0.2) is 105 Å². The Morgan fingerprint density at radius 2 is 1.79 bits per heavy atom. The highest BCUT2D eigenvalue weighted by Gasteiger charge is 2.48. The van der Waals surface area contributed by atoms with E-state index in [9.17, 15) is 14.7 Å². The smallest absolute Gasteiger partial charge is 0.308 e. The predicted molar refractivity (Wildman–Crippen MR) is 163 cm³/mol. The number of carbonyl (C=O) groups is 2. The lowest BCUT2D eigenvalue weighted by Gasteiger charge is -2.30. The number of methoxy groups -OCH3 is 1. The van der Waals surface area contributed by atoms with Crippen LogP contribution in [0.25, 0.3) is 0 Å². The van der Waals surface area contributed by atoms with Crippen molar-refractivity contribution in [3.63, 3.8) is 0 Å². The number of fused-ring (bicyclic) bond motifs is 1. The molecular weight excluding hydrogens is 534 g/mol. The van der Waals surface area contributed by atoms with Crippen molar-refractivity contribution in [2.24, 2.45) is 5.92 Å². The fourth-order valence-corrected chi connectivity index (χ4v) is 6.10. The lowest BCUT2D eigenvalue weighted by molar-refractivity contribution is -0.144. The molecule has 230 valence electrons. The van der Waals surface area contributed by atoms with E-state index >= 15 is 0 Å². The van der Waals surface area contributed by atoms with Crippen molar-refractivity contribution in [3.8, 4) is 17.2 Å². The van der Waals surface area contributed by atoms with Gasteiger partial charge < -0.3 is 29.1 Å². The van der Waals surface area contributed by atoms with Crippen molar-refractivity contribution in [1.29, 1.82) is 0 Å². The zero-order valence-electron chi connectivity index (χ0n) is 25.6. The van der Waals surface area contributed by atoms with Gasteiger partial charge in [-0.2, -0.15) is 0 Å². The van der Waals surface area contributed by atoms with Crippen molar-refractivity contribution in [1.82, 2.24) is 14.7 Å². The zero-order chi connectivity index (χ0) is 30.1. The highest BCUT2D eigenvalue weighted by molar-refractivity contribution is 5.79. The molecule has 2 heterocycles. The van der Waals surface area contributed by atoms with Gasteiger partial charge in [-0.3, -0.25) is 14.5 Å². The Labute approximate surface area is 250 Å². The van der Waals surface area contributed by atoms with E-state index in [0.717, 1.165) is 55.5 Å². The molecule has 0 aromatic heterocycles. The number of benzene rings is 2. The van der Waals surface area contributed by atoms with Gasteiger partial charge in [0.15, 0.2) is 11.5 Å². The SMILES string of the molecule is CCCCN(CCCCN(C)C)C(=O)CN1C[C@H](c2ccc3c(c2)CCO3)C(C(=O)O)[C@@H]1COc1ccccc1OC. The number of carboxylic acids is 1. The first-order chi connectivity index (χ1) is 20.3. The van der Waals surface area contributed by atoms with Crippen LogP contribution in [0, 0.1) is 5.92 Å². The van der Waals surface area contributed by atoms with Gasteiger partial charge in [0.05, 0.1) is 32.2 Å². The van der Waals surface area contributed by atoms with Gasteiger partial charge in [0.1, 0.15) is 12.4 Å². The number of rotatable bonds is 16. The molecule has 9 nitrogen and oxygen atoms in total. The van der Waals surface area contributed by atoms with Gasteiger partial charge in [0.2, 0.25) is 5.91 Å². The lowest BCUT2D eigenvalue weighted by atomic mass is 9.84. The van der Waals surface area contributed by atoms with E-state index in [1.807, 2.05) is 46.2 Å². The van der Waals surface area contributed by atoms with Gasteiger partial charge in [-0.25, -0.2) is 0 Å². The van der Waals surface area contributed by atoms with Crippen LogP contribution in [0.2, 0.25) is 0 Å². The van der Waals surface area contributed by atoms with Gasteiger partial charge in [-0.1, -0.05) is 37.6 Å². The van der Waals surface area contributed by atoms with Crippen molar-refractivity contribution in [2.45, 2.75) is 51.0 Å². The third-order valence-electron chi connectivity index (χ3n) is 8.41. The number of hydrogen-bond donors (Lipinski definition) is 1. The Morgan fingerprint density at radius 3 is 2.50 bits per heavy atom. The summed E-state index contributed by atoms with van der Waals surface area (Å²) in [6.07, 6.45) is 4.72. The van der Waals surface area contributed by atoms with E-state index < -0.39 is 17.9 Å². The standard InChI is InChI=1S/C33H47N3O6/c1-5-6-17-35(18-10-9-16-34(2)3)31(37)22-36-21-26(24-13-14-28-25(20-24)15-19-41-28)32(33(38)39)27(36)23-42-30-12-8-7-11-29(30)40-4/h7-8,11-14,20,26-27,32H,5-6,9-10,15-19,21-23H2,1-4H3,(H,38,39)/t26-,27+,32?/m1/s1. The highest BCUT2D eigenvalue weighted by atomic mass is 16.5. The van der Waals surface area contributed by atoms with Crippen LogP contribution in [0.4, 0.5) is 0 Å². The molecule has 1 saturated heterocycles. The highest BCUT2D eigenvalue weighted by Crippen LogP contribution is 2.40. The summed E-state index contributed by atoms with van der Waals surface area (Å²) in [5.74, 6) is 0.151. The summed E-state index contributed by atoms with van der Waals surface area (Å²) < 4.78 is 17.4. The number of ether oxygens (including phenoxy) is 3. The molecule has 3 atom stereocenters. The Balaban J connectivity index is 1.57. The molecule has 2 aliphatic heterocycles. The normalized spacial score (nSPS) is 19.9. The van der Waals surface area contributed by atoms with Gasteiger partial charge >= 0.3 is 5.97 Å². The number of carbonyl (C=O) groups excluding carboxylic acids is 1. The maximum atomic E-state index is 13.8. The summed E-state index contributed by atoms with van der Waals surface area (Å²) >= 11 is 0. The monoisotopic (exact) mass is 581 g/mol. The second-order valence-corrected chi connectivity index (χ2v) is 11.6. The van der Waals surface area contributed by atoms with Crippen LogP contribution in [0.1, 0.15) is 49.7 Å². The Morgan fingerprint density at radius 1 is 1.05 bits per heavy atom. The Hall–Kier alpha value is -3.30. The molecule has 1 unspecified atom stereocenters. The molecule has 0 radical (unpaired) electrons. The van der Waals surface area contributed by atoms with Crippen LogP contribution in [0.5, 0.6) is 17.2 Å². The quantitative estimate of drug-likeness (QED) is 0.296. The molecule has 1 amide bonds. The van der Waals surface area contributed by atoms with Gasteiger partial charge in [0.25, 0.3) is 0 Å². The molecule has 1 fully saturated rings. The molecule has 4 rings (SSSR count). The Kier molecular flexibility index (Phi) is 11.5. The van der Waals surface area contributed by atoms with Gasteiger partial charge in [-0.15, -0.1) is 0 Å². The lowest BCUT2D eigenvalue weighted by Crippen LogP contribution is -2.46. The first-order valence-corrected chi connectivity index (χ1v) is 15.2. The molecule has 0 spiro atoms. The van der Waals surface area contributed by atoms with Crippen molar-refractivity contribution in [3.05, 3.63) is 53.6 Å². The topological polar surface area (TPSA) is 91.8 Å². The molecule has 42 heavy (non-hydrogen) atoms. The number of hydrogen-bond acceptors (Lipinski definition) is 7. The summed E-state index contributed by atoms with van der Waals surface area (Å²) in [4.78, 5) is 32.8. The van der Waals surface area contributed by atoms with Gasteiger partial charge in [0, 0.05) is 32.0 Å². The maximum Gasteiger partial charge on any atom is 0.308 e. The summed E-state index contributed by atoms with van der Waals surface area (Å²) in [6.45, 7) is 5.93. The van der Waals surface area contributed by atoms with E-state index in [0.29, 0.717) is 37.7 Å². The van der Waals surface area contributed by atoms with Crippen LogP contribution >= 0.6 is 0 Å². The second kappa shape index (κ2) is 15.3. The summed E-state index contributed by atoms with van der Waals surface area (Å²) in [5.41, 5.74) is 2.08. The second-order valence-electron chi connectivity index (χ2n) is 11.6. The maximum absolute atomic E-state index is 13.8. The number of aliphatic carboxylic acids is 1. The molecule has 9 heteroatoms. The fourth-order valence-electron chi connectivity index (χ4n) is 6.10. The van der Waals surface area contributed by atoms with E-state index in [4.69, 9.17) is 14.2 Å². The van der Waals surface area contributed by atoms with E-state index in [1.165, 1.54) is 0 Å². The number of para-hydroxylation sites is 2. The van der Waals surface area contributed by atoms with E-state index in [-0.39, 0.29) is 25.0 Å². The van der Waals surface area contributed by atoms with Crippen molar-refractivity contribution >= 4 is 11.9 Å². The zero-order valence-corrected chi connectivity index (χ0v) is 25.6. The van der Waals surface area contributed by atoms with E-state index in [1.54, 1.807) is 7.11 Å². The molecular formula is C33H47N3O6. The van der Waals surface area contributed by atoms with Crippen molar-refractivity contribution in [2.75, 3.05) is 67.1 Å². The Bertz CT molecular complexity index is 1190. The summed E-state index contributed by atoms with van der Waals surface area (Å²) in [5, 5.41) is 10.5. The molecule has 0 bridgehead atoms. The molecule has 1 N–H and O–H groups in total. The molecule has 2 aromatic rings. The number of nitrogens with zero attached hydrogens (tertiary/aromatic N) is 3.